The molecule has 4 rings (SSSR count). The van der Waals surface area contributed by atoms with Crippen LogP contribution in [0.2, 0.25) is 0 Å². The van der Waals surface area contributed by atoms with Crippen LogP contribution in [0.15, 0.2) is 48.5 Å². The first-order chi connectivity index (χ1) is 13.1. The number of hydrogen-bond acceptors (Lipinski definition) is 5. The van der Waals surface area contributed by atoms with Gasteiger partial charge in [-0.3, -0.25) is 0 Å². The van der Waals surface area contributed by atoms with Crippen molar-refractivity contribution in [2.45, 2.75) is 51.2 Å². The number of benzene rings is 2. The average Bonchev–Trinajstić information content (AvgIpc) is 2.68. The minimum absolute atomic E-state index is 0.0356. The van der Waals surface area contributed by atoms with Crippen LogP contribution in [0, 0.1) is 13.8 Å². The molecule has 5 heteroatoms. The van der Waals surface area contributed by atoms with E-state index in [-0.39, 0.29) is 24.9 Å². The maximum absolute atomic E-state index is 9.52. The normalized spacial score (nSPS) is 30.7. The highest BCUT2D eigenvalue weighted by molar-refractivity contribution is 5.24. The Balaban J connectivity index is 1.52. The second kappa shape index (κ2) is 8.09. The first kappa shape index (κ1) is 18.6. The third-order valence-electron chi connectivity index (χ3n) is 5.10. The molecular formula is C22H26O5. The van der Waals surface area contributed by atoms with Gasteiger partial charge in [0.15, 0.2) is 12.6 Å². The number of aliphatic hydroxyl groups is 1. The zero-order chi connectivity index (χ0) is 18.8. The summed E-state index contributed by atoms with van der Waals surface area (Å²) in [5.41, 5.74) is 4.28. The molecule has 2 aliphatic heterocycles. The van der Waals surface area contributed by atoms with Crippen molar-refractivity contribution >= 4 is 0 Å². The Hall–Kier alpha value is -1.76. The van der Waals surface area contributed by atoms with Crippen LogP contribution in [0.1, 0.15) is 41.3 Å². The Labute approximate surface area is 159 Å². The lowest BCUT2D eigenvalue weighted by molar-refractivity contribution is -0.364. The molecule has 2 fully saturated rings. The van der Waals surface area contributed by atoms with Gasteiger partial charge < -0.3 is 24.1 Å². The van der Waals surface area contributed by atoms with E-state index in [1.165, 1.54) is 5.56 Å². The van der Waals surface area contributed by atoms with Gasteiger partial charge in [-0.05, 0) is 20.3 Å². The number of aryl methyl sites for hydroxylation is 2. The summed E-state index contributed by atoms with van der Waals surface area (Å²) in [6.07, 6.45) is -1.20. The van der Waals surface area contributed by atoms with Gasteiger partial charge in [0.05, 0.1) is 12.7 Å². The van der Waals surface area contributed by atoms with Crippen LogP contribution in [0.3, 0.4) is 0 Å². The molecule has 0 spiro atoms. The first-order valence-electron chi connectivity index (χ1n) is 9.46. The van der Waals surface area contributed by atoms with E-state index in [1.807, 2.05) is 56.3 Å². The lowest BCUT2D eigenvalue weighted by atomic mass is 10.0. The fourth-order valence-electron chi connectivity index (χ4n) is 3.65. The monoisotopic (exact) mass is 370 g/mol. The van der Waals surface area contributed by atoms with Crippen LogP contribution in [-0.2, 0) is 18.9 Å². The summed E-state index contributed by atoms with van der Waals surface area (Å²) in [7, 11) is 0. The van der Waals surface area contributed by atoms with Gasteiger partial charge in [0, 0.05) is 17.7 Å². The lowest BCUT2D eigenvalue weighted by Gasteiger charge is -2.46. The van der Waals surface area contributed by atoms with E-state index in [2.05, 4.69) is 6.07 Å². The highest BCUT2D eigenvalue weighted by Crippen LogP contribution is 2.38. The van der Waals surface area contributed by atoms with E-state index in [4.69, 9.17) is 18.9 Å². The van der Waals surface area contributed by atoms with E-state index >= 15 is 0 Å². The van der Waals surface area contributed by atoms with Crippen molar-refractivity contribution < 1.29 is 24.1 Å². The van der Waals surface area contributed by atoms with Crippen molar-refractivity contribution in [1.82, 2.24) is 0 Å². The Morgan fingerprint density at radius 3 is 2.44 bits per heavy atom. The summed E-state index contributed by atoms with van der Waals surface area (Å²) in [6, 6.07) is 16.2. The Morgan fingerprint density at radius 1 is 0.889 bits per heavy atom. The molecule has 2 saturated heterocycles. The van der Waals surface area contributed by atoms with Crippen molar-refractivity contribution in [2.24, 2.45) is 0 Å². The number of fused-ring (bicyclic) bond motifs is 1. The zero-order valence-electron chi connectivity index (χ0n) is 15.7. The van der Waals surface area contributed by atoms with Crippen molar-refractivity contribution in [3.05, 3.63) is 70.8 Å². The molecule has 0 aromatic heterocycles. The van der Waals surface area contributed by atoms with Crippen LogP contribution in [0.25, 0.3) is 0 Å². The smallest absolute Gasteiger partial charge is 0.184 e. The highest BCUT2D eigenvalue weighted by atomic mass is 16.8. The molecule has 0 saturated carbocycles. The minimum Gasteiger partial charge on any atom is -0.396 e. The van der Waals surface area contributed by atoms with Gasteiger partial charge in [-0.1, -0.05) is 59.7 Å². The molecule has 0 radical (unpaired) electrons. The standard InChI is InChI=1S/C22H26O5/c1-14-6-8-16(9-7-14)21-24-13-19-20(27-21)18(10-11-23)25-22(26-19)17-5-3-4-15(2)12-17/h3-9,12,18-23H,10-11,13H2,1-2H3. The molecule has 2 aliphatic rings. The average molecular weight is 370 g/mol. The third kappa shape index (κ3) is 4.08. The van der Waals surface area contributed by atoms with Crippen molar-refractivity contribution in [3.63, 3.8) is 0 Å². The van der Waals surface area contributed by atoms with Gasteiger partial charge in [0.1, 0.15) is 12.2 Å². The molecule has 2 heterocycles. The topological polar surface area (TPSA) is 57.2 Å². The van der Waals surface area contributed by atoms with E-state index < -0.39 is 12.6 Å². The highest BCUT2D eigenvalue weighted by Gasteiger charge is 2.45. The van der Waals surface area contributed by atoms with Crippen LogP contribution in [0.5, 0.6) is 0 Å². The van der Waals surface area contributed by atoms with Crippen molar-refractivity contribution in [2.75, 3.05) is 13.2 Å². The molecule has 5 nitrogen and oxygen atoms in total. The maximum atomic E-state index is 9.52. The second-order valence-electron chi connectivity index (χ2n) is 7.28. The fourth-order valence-corrected chi connectivity index (χ4v) is 3.65. The van der Waals surface area contributed by atoms with Gasteiger partial charge in [0.25, 0.3) is 0 Å². The van der Waals surface area contributed by atoms with Gasteiger partial charge in [-0.15, -0.1) is 0 Å². The summed E-state index contributed by atoms with van der Waals surface area (Å²) in [4.78, 5) is 0. The summed E-state index contributed by atoms with van der Waals surface area (Å²) < 4.78 is 24.5. The molecule has 5 atom stereocenters. The fraction of sp³-hybridized carbons (Fsp3) is 0.455. The Kier molecular flexibility index (Phi) is 5.57. The first-order valence-corrected chi connectivity index (χ1v) is 9.46. The molecule has 5 unspecified atom stereocenters. The molecule has 27 heavy (non-hydrogen) atoms. The van der Waals surface area contributed by atoms with Gasteiger partial charge in [-0.25, -0.2) is 0 Å². The largest absolute Gasteiger partial charge is 0.396 e. The molecule has 2 aromatic rings. The van der Waals surface area contributed by atoms with Gasteiger partial charge >= 0.3 is 0 Å². The SMILES string of the molecule is Cc1ccc(C2OCC3OC(c4cccc(C)c4)OC(CCO)C3O2)cc1. The molecular weight excluding hydrogens is 344 g/mol. The quantitative estimate of drug-likeness (QED) is 0.891. The molecule has 0 amide bonds. The summed E-state index contributed by atoms with van der Waals surface area (Å²) >= 11 is 0. The summed E-state index contributed by atoms with van der Waals surface area (Å²) in [5.74, 6) is 0. The van der Waals surface area contributed by atoms with Crippen LogP contribution >= 0.6 is 0 Å². The van der Waals surface area contributed by atoms with Crippen molar-refractivity contribution in [1.29, 1.82) is 0 Å². The van der Waals surface area contributed by atoms with Crippen LogP contribution in [-0.4, -0.2) is 36.6 Å². The lowest BCUT2D eigenvalue weighted by Crippen LogP contribution is -2.54. The number of aliphatic hydroxyl groups excluding tert-OH is 1. The van der Waals surface area contributed by atoms with E-state index in [0.717, 1.165) is 16.7 Å². The van der Waals surface area contributed by atoms with E-state index in [0.29, 0.717) is 13.0 Å². The van der Waals surface area contributed by atoms with E-state index in [1.54, 1.807) is 0 Å². The number of hydrogen-bond donors (Lipinski definition) is 1. The summed E-state index contributed by atoms with van der Waals surface area (Å²) in [6.45, 7) is 4.55. The molecule has 0 aliphatic carbocycles. The number of rotatable bonds is 4. The minimum atomic E-state index is -0.481. The number of ether oxygens (including phenoxy) is 4. The molecule has 2 aromatic carbocycles. The van der Waals surface area contributed by atoms with Crippen LogP contribution in [0.4, 0.5) is 0 Å². The Bertz CT molecular complexity index is 760. The molecule has 1 N–H and O–H groups in total. The zero-order valence-corrected chi connectivity index (χ0v) is 15.7. The maximum Gasteiger partial charge on any atom is 0.184 e. The second-order valence-corrected chi connectivity index (χ2v) is 7.28. The summed E-state index contributed by atoms with van der Waals surface area (Å²) in [5, 5.41) is 9.52. The molecule has 144 valence electrons. The third-order valence-corrected chi connectivity index (χ3v) is 5.10. The Morgan fingerprint density at radius 2 is 1.70 bits per heavy atom. The predicted molar refractivity (Wildman–Crippen MR) is 100 cm³/mol. The van der Waals surface area contributed by atoms with Gasteiger partial charge in [-0.2, -0.15) is 0 Å². The molecule has 0 bridgehead atoms. The van der Waals surface area contributed by atoms with Gasteiger partial charge in [0.2, 0.25) is 0 Å². The van der Waals surface area contributed by atoms with Crippen molar-refractivity contribution in [3.8, 4) is 0 Å². The van der Waals surface area contributed by atoms with E-state index in [9.17, 15) is 5.11 Å². The van der Waals surface area contributed by atoms with Crippen LogP contribution < -0.4 is 0 Å². The predicted octanol–water partition coefficient (Wildman–Crippen LogP) is 3.58.